The molecule has 0 saturated heterocycles. The van der Waals surface area contributed by atoms with Crippen LogP contribution >= 0.6 is 23.1 Å². The summed E-state index contributed by atoms with van der Waals surface area (Å²) in [6, 6.07) is 0. The van der Waals surface area contributed by atoms with Crippen LogP contribution in [-0.4, -0.2) is 25.3 Å². The second kappa shape index (κ2) is 5.35. The Morgan fingerprint density at radius 2 is 2.36 bits per heavy atom. The molecule has 114 valence electrons. The lowest BCUT2D eigenvalue weighted by Gasteiger charge is -2.17. The Hall–Kier alpha value is -1.40. The van der Waals surface area contributed by atoms with E-state index in [-0.39, 0.29) is 0 Å². The van der Waals surface area contributed by atoms with Crippen molar-refractivity contribution in [3.63, 3.8) is 0 Å². The minimum Gasteiger partial charge on any atom is -0.260 e. The van der Waals surface area contributed by atoms with Crippen molar-refractivity contribution in [3.8, 4) is 0 Å². The molecule has 0 amide bonds. The Balaban J connectivity index is 1.87. The first kappa shape index (κ1) is 14.2. The fraction of sp³-hybridized carbons (Fsp3) is 0.438. The van der Waals surface area contributed by atoms with Crippen molar-refractivity contribution < 1.29 is 0 Å². The van der Waals surface area contributed by atoms with Crippen LogP contribution in [0.2, 0.25) is 0 Å². The number of rotatable bonds is 3. The molecule has 0 radical (unpaired) electrons. The second-order valence-corrected chi connectivity index (χ2v) is 8.22. The molecule has 1 atom stereocenters. The highest BCUT2D eigenvalue weighted by Gasteiger charge is 2.23. The van der Waals surface area contributed by atoms with Crippen LogP contribution in [0.25, 0.3) is 15.9 Å². The minimum atomic E-state index is 0.774. The molecule has 22 heavy (non-hydrogen) atoms. The summed E-state index contributed by atoms with van der Waals surface area (Å²) in [5.74, 6) is 1.63. The van der Waals surface area contributed by atoms with Crippen molar-refractivity contribution in [1.82, 2.24) is 19.6 Å². The van der Waals surface area contributed by atoms with Gasteiger partial charge in [0.05, 0.1) is 5.39 Å². The number of hydrogen-bond donors (Lipinski definition) is 0. The molecule has 0 unspecified atom stereocenters. The number of aromatic nitrogens is 4. The van der Waals surface area contributed by atoms with Crippen LogP contribution in [-0.2, 0) is 12.8 Å². The van der Waals surface area contributed by atoms with Gasteiger partial charge < -0.3 is 0 Å². The van der Waals surface area contributed by atoms with E-state index < -0.39 is 0 Å². The van der Waals surface area contributed by atoms with Crippen LogP contribution in [0.15, 0.2) is 23.6 Å². The molecule has 3 aromatic heterocycles. The van der Waals surface area contributed by atoms with E-state index in [0.29, 0.717) is 0 Å². The molecule has 0 N–H and O–H groups in total. The van der Waals surface area contributed by atoms with Gasteiger partial charge in [-0.1, -0.05) is 30.8 Å². The first-order valence-electron chi connectivity index (χ1n) is 7.54. The summed E-state index contributed by atoms with van der Waals surface area (Å²) in [7, 11) is 0. The summed E-state index contributed by atoms with van der Waals surface area (Å²) >= 11 is 3.50. The normalized spacial score (nSPS) is 18.0. The van der Waals surface area contributed by atoms with Gasteiger partial charge in [0.1, 0.15) is 11.2 Å². The van der Waals surface area contributed by atoms with E-state index in [1.807, 2.05) is 29.0 Å². The number of nitrogens with zero attached hydrogens (tertiary/aromatic N) is 4. The third-order valence-corrected chi connectivity index (χ3v) is 6.46. The molecule has 4 nitrogen and oxygen atoms in total. The fourth-order valence-electron chi connectivity index (χ4n) is 3.01. The van der Waals surface area contributed by atoms with E-state index in [1.165, 1.54) is 28.7 Å². The summed E-state index contributed by atoms with van der Waals surface area (Å²) < 4.78 is 2.03. The maximum Gasteiger partial charge on any atom is 0.197 e. The SMILES string of the molecule is C=C(C)CSc1nnc2c3c4c(sc3ncn12)C[C@@H](C)CC4. The van der Waals surface area contributed by atoms with Gasteiger partial charge in [-0.2, -0.15) is 0 Å². The van der Waals surface area contributed by atoms with Crippen LogP contribution < -0.4 is 0 Å². The predicted octanol–water partition coefficient (Wildman–Crippen LogP) is 4.13. The van der Waals surface area contributed by atoms with E-state index in [4.69, 9.17) is 0 Å². The molecule has 0 aliphatic heterocycles. The molecule has 0 bridgehead atoms. The Bertz CT molecular complexity index is 877. The first-order chi connectivity index (χ1) is 10.6. The number of thioether (sulfide) groups is 1. The van der Waals surface area contributed by atoms with E-state index in [1.54, 1.807) is 11.8 Å². The van der Waals surface area contributed by atoms with Gasteiger partial charge in [0, 0.05) is 10.6 Å². The maximum absolute atomic E-state index is 4.67. The molecule has 4 rings (SSSR count). The van der Waals surface area contributed by atoms with Crippen molar-refractivity contribution in [1.29, 1.82) is 0 Å². The van der Waals surface area contributed by atoms with Crippen LogP contribution in [0.3, 0.4) is 0 Å². The molecule has 0 spiro atoms. The molecule has 3 heterocycles. The predicted molar refractivity (Wildman–Crippen MR) is 92.9 cm³/mol. The van der Waals surface area contributed by atoms with Crippen molar-refractivity contribution in [2.24, 2.45) is 5.92 Å². The first-order valence-corrected chi connectivity index (χ1v) is 9.35. The lowest BCUT2D eigenvalue weighted by atomic mass is 9.89. The van der Waals surface area contributed by atoms with Gasteiger partial charge in [-0.05, 0) is 37.7 Å². The largest absolute Gasteiger partial charge is 0.260 e. The van der Waals surface area contributed by atoms with Gasteiger partial charge >= 0.3 is 0 Å². The van der Waals surface area contributed by atoms with Gasteiger partial charge in [-0.3, -0.25) is 4.40 Å². The molecule has 0 aromatic carbocycles. The lowest BCUT2D eigenvalue weighted by molar-refractivity contribution is 0.509. The second-order valence-electron chi connectivity index (χ2n) is 6.20. The minimum absolute atomic E-state index is 0.774. The monoisotopic (exact) mass is 330 g/mol. The molecule has 1 aliphatic rings. The van der Waals surface area contributed by atoms with Gasteiger partial charge in [0.2, 0.25) is 0 Å². The standard InChI is InChI=1S/C16H18N4S2/c1-9(2)7-21-16-19-18-14-13-11-5-4-10(3)6-12(11)22-15(13)17-8-20(14)16/h8,10H,1,4-7H2,2-3H3/t10-/m0/s1. The molecule has 0 saturated carbocycles. The van der Waals surface area contributed by atoms with Crippen LogP contribution in [0.5, 0.6) is 0 Å². The van der Waals surface area contributed by atoms with Crippen molar-refractivity contribution >= 4 is 39.0 Å². The van der Waals surface area contributed by atoms with Crippen molar-refractivity contribution in [2.75, 3.05) is 5.75 Å². The molecule has 3 aromatic rings. The topological polar surface area (TPSA) is 43.1 Å². The Labute approximate surface area is 137 Å². The maximum atomic E-state index is 4.67. The highest BCUT2D eigenvalue weighted by atomic mass is 32.2. The van der Waals surface area contributed by atoms with Gasteiger partial charge in [0.25, 0.3) is 0 Å². The fourth-order valence-corrected chi connectivity index (χ4v) is 5.10. The van der Waals surface area contributed by atoms with Crippen LogP contribution in [0.1, 0.15) is 30.7 Å². The number of aryl methyl sites for hydroxylation is 1. The van der Waals surface area contributed by atoms with Gasteiger partial charge in [-0.15, -0.1) is 21.5 Å². The lowest BCUT2D eigenvalue weighted by Crippen LogP contribution is -2.08. The molecular weight excluding hydrogens is 312 g/mol. The third kappa shape index (κ3) is 2.25. The average molecular weight is 330 g/mol. The zero-order valence-corrected chi connectivity index (χ0v) is 14.4. The number of hydrogen-bond acceptors (Lipinski definition) is 5. The Morgan fingerprint density at radius 3 is 3.18 bits per heavy atom. The zero-order chi connectivity index (χ0) is 15.3. The summed E-state index contributed by atoms with van der Waals surface area (Å²) in [4.78, 5) is 7.27. The summed E-state index contributed by atoms with van der Waals surface area (Å²) in [5, 5.41) is 10.9. The summed E-state index contributed by atoms with van der Waals surface area (Å²) in [6.07, 6.45) is 5.43. The number of thiophene rings is 1. The van der Waals surface area contributed by atoms with E-state index >= 15 is 0 Å². The van der Waals surface area contributed by atoms with Crippen LogP contribution in [0, 0.1) is 5.92 Å². The van der Waals surface area contributed by atoms with Crippen LogP contribution in [0.4, 0.5) is 0 Å². The highest BCUT2D eigenvalue weighted by molar-refractivity contribution is 7.99. The quantitative estimate of drug-likeness (QED) is 0.535. The molecule has 0 fully saturated rings. The molecule has 6 heteroatoms. The summed E-state index contributed by atoms with van der Waals surface area (Å²) in [6.45, 7) is 8.31. The zero-order valence-electron chi connectivity index (χ0n) is 12.8. The average Bonchev–Trinajstić information content (AvgIpc) is 3.04. The Morgan fingerprint density at radius 1 is 1.50 bits per heavy atom. The van der Waals surface area contributed by atoms with E-state index in [2.05, 4.69) is 28.7 Å². The van der Waals surface area contributed by atoms with Crippen molar-refractivity contribution in [3.05, 3.63) is 28.9 Å². The van der Waals surface area contributed by atoms with Gasteiger partial charge in [-0.25, -0.2) is 4.98 Å². The van der Waals surface area contributed by atoms with E-state index in [0.717, 1.165) is 39.3 Å². The van der Waals surface area contributed by atoms with Gasteiger partial charge in [0.15, 0.2) is 10.8 Å². The number of fused-ring (bicyclic) bond motifs is 5. The molecular formula is C16H18N4S2. The highest BCUT2D eigenvalue weighted by Crippen LogP contribution is 2.39. The van der Waals surface area contributed by atoms with E-state index in [9.17, 15) is 0 Å². The Kier molecular flexibility index (Phi) is 3.46. The van der Waals surface area contributed by atoms with Crippen molar-refractivity contribution in [2.45, 2.75) is 38.3 Å². The molecule has 1 aliphatic carbocycles. The third-order valence-electron chi connectivity index (χ3n) is 4.12. The summed E-state index contributed by atoms with van der Waals surface area (Å²) in [5.41, 5.74) is 3.55. The smallest absolute Gasteiger partial charge is 0.197 e.